The van der Waals surface area contributed by atoms with Crippen molar-refractivity contribution in [2.24, 2.45) is 11.8 Å². The third kappa shape index (κ3) is 3.47. The molecule has 21 heavy (non-hydrogen) atoms. The molecule has 1 aliphatic carbocycles. The predicted octanol–water partition coefficient (Wildman–Crippen LogP) is 2.43. The molecule has 3 unspecified atom stereocenters. The summed E-state index contributed by atoms with van der Waals surface area (Å²) in [4.78, 5) is 0.405. The van der Waals surface area contributed by atoms with Crippen molar-refractivity contribution in [3.8, 4) is 0 Å². The number of sulfonamides is 1. The minimum absolute atomic E-state index is 0.0531. The van der Waals surface area contributed by atoms with Crippen molar-refractivity contribution in [1.82, 2.24) is 10.0 Å². The van der Waals surface area contributed by atoms with Crippen LogP contribution in [0.3, 0.4) is 0 Å². The number of hydrogen-bond donors (Lipinski definition) is 2. The molecular weight excluding hydrogens is 284 g/mol. The van der Waals surface area contributed by atoms with E-state index < -0.39 is 10.0 Å². The number of rotatable bonds is 5. The molecule has 0 saturated heterocycles. The lowest BCUT2D eigenvalue weighted by Gasteiger charge is -2.21. The van der Waals surface area contributed by atoms with E-state index in [0.717, 1.165) is 24.0 Å². The van der Waals surface area contributed by atoms with Crippen molar-refractivity contribution in [2.45, 2.75) is 51.1 Å². The Bertz CT molecular complexity index is 598. The van der Waals surface area contributed by atoms with Crippen molar-refractivity contribution >= 4 is 10.0 Å². The molecule has 0 radical (unpaired) electrons. The van der Waals surface area contributed by atoms with E-state index in [0.29, 0.717) is 23.3 Å². The van der Waals surface area contributed by atoms with E-state index in [1.54, 1.807) is 6.07 Å². The van der Waals surface area contributed by atoms with E-state index in [4.69, 9.17) is 0 Å². The Balaban J connectivity index is 2.26. The van der Waals surface area contributed by atoms with Gasteiger partial charge in [0.1, 0.15) is 0 Å². The normalized spacial score (nSPS) is 26.2. The zero-order valence-electron chi connectivity index (χ0n) is 13.3. The Morgan fingerprint density at radius 1 is 1.24 bits per heavy atom. The van der Waals surface area contributed by atoms with Crippen molar-refractivity contribution < 1.29 is 8.42 Å². The molecule has 1 aliphatic rings. The second kappa shape index (κ2) is 6.46. The van der Waals surface area contributed by atoms with Crippen LogP contribution in [0.4, 0.5) is 0 Å². The van der Waals surface area contributed by atoms with Gasteiger partial charge in [-0.2, -0.15) is 0 Å². The number of nitrogens with one attached hydrogen (secondary N) is 2. The smallest absolute Gasteiger partial charge is 0.241 e. The van der Waals surface area contributed by atoms with Crippen LogP contribution in [-0.4, -0.2) is 21.5 Å². The van der Waals surface area contributed by atoms with Gasteiger partial charge < -0.3 is 5.32 Å². The molecule has 1 aromatic carbocycles. The third-order valence-electron chi connectivity index (χ3n) is 4.82. The van der Waals surface area contributed by atoms with E-state index in [1.165, 1.54) is 0 Å². The van der Waals surface area contributed by atoms with Crippen molar-refractivity contribution in [3.05, 3.63) is 29.3 Å². The second-order valence-corrected chi connectivity index (χ2v) is 7.89. The highest BCUT2D eigenvalue weighted by Crippen LogP contribution is 2.32. The minimum atomic E-state index is -3.45. The lowest BCUT2D eigenvalue weighted by atomic mass is 9.98. The van der Waals surface area contributed by atoms with Crippen LogP contribution in [0, 0.1) is 18.8 Å². The average Bonchev–Trinajstić information content (AvgIpc) is 2.73. The molecule has 0 bridgehead atoms. The average molecular weight is 310 g/mol. The van der Waals surface area contributed by atoms with Gasteiger partial charge >= 0.3 is 0 Å². The molecule has 1 saturated carbocycles. The van der Waals surface area contributed by atoms with Crippen molar-refractivity contribution in [3.63, 3.8) is 0 Å². The summed E-state index contributed by atoms with van der Waals surface area (Å²) in [5, 5.41) is 3.07. The topological polar surface area (TPSA) is 58.2 Å². The molecule has 1 fully saturated rings. The summed E-state index contributed by atoms with van der Waals surface area (Å²) in [6, 6.07) is 5.53. The number of hydrogen-bond acceptors (Lipinski definition) is 3. The van der Waals surface area contributed by atoms with Gasteiger partial charge in [0.15, 0.2) is 0 Å². The molecule has 2 rings (SSSR count). The highest BCUT2D eigenvalue weighted by Gasteiger charge is 2.33. The Kier molecular flexibility index (Phi) is 5.07. The van der Waals surface area contributed by atoms with Gasteiger partial charge in [0.25, 0.3) is 0 Å². The molecule has 4 nitrogen and oxygen atoms in total. The summed E-state index contributed by atoms with van der Waals surface area (Å²) in [5.74, 6) is 0.968. The molecule has 3 atom stereocenters. The molecule has 2 N–H and O–H groups in total. The van der Waals surface area contributed by atoms with Crippen LogP contribution >= 0.6 is 0 Å². The van der Waals surface area contributed by atoms with Crippen molar-refractivity contribution in [1.29, 1.82) is 0 Å². The Morgan fingerprint density at radius 3 is 2.52 bits per heavy atom. The molecule has 1 aromatic rings. The van der Waals surface area contributed by atoms with Crippen LogP contribution in [0.15, 0.2) is 23.1 Å². The standard InChI is InChI=1S/C16H26N2O2S/c1-11-8-9-15(12(11)2)18-21(19,20)16-7-5-6-14(10-17-4)13(16)3/h5-7,11-12,15,17-18H,8-10H2,1-4H3. The van der Waals surface area contributed by atoms with Crippen LogP contribution in [0.1, 0.15) is 37.8 Å². The summed E-state index contributed by atoms with van der Waals surface area (Å²) in [5.41, 5.74) is 1.85. The zero-order chi connectivity index (χ0) is 15.6. The van der Waals surface area contributed by atoms with Crippen LogP contribution in [0.25, 0.3) is 0 Å². The SMILES string of the molecule is CNCc1cccc(S(=O)(=O)NC2CCC(C)C2C)c1C. The molecule has 0 heterocycles. The van der Waals surface area contributed by atoms with Gasteiger partial charge in [0.05, 0.1) is 4.90 Å². The Labute approximate surface area is 128 Å². The first-order chi connectivity index (χ1) is 9.86. The largest absolute Gasteiger partial charge is 0.316 e. The molecule has 0 spiro atoms. The Hall–Kier alpha value is -0.910. The summed E-state index contributed by atoms with van der Waals surface area (Å²) in [6.45, 7) is 6.88. The van der Waals surface area contributed by atoms with Gasteiger partial charge in [0, 0.05) is 12.6 Å². The molecule has 0 aromatic heterocycles. The van der Waals surface area contributed by atoms with Crippen LogP contribution in [0.2, 0.25) is 0 Å². The predicted molar refractivity (Wildman–Crippen MR) is 85.6 cm³/mol. The Morgan fingerprint density at radius 2 is 1.95 bits per heavy atom. The maximum atomic E-state index is 12.7. The number of benzene rings is 1. The quantitative estimate of drug-likeness (QED) is 0.878. The van der Waals surface area contributed by atoms with E-state index in [2.05, 4.69) is 23.9 Å². The minimum Gasteiger partial charge on any atom is -0.316 e. The summed E-state index contributed by atoms with van der Waals surface area (Å²) in [7, 11) is -1.59. The fourth-order valence-corrected chi connectivity index (χ4v) is 4.78. The van der Waals surface area contributed by atoms with E-state index in [9.17, 15) is 8.42 Å². The highest BCUT2D eigenvalue weighted by molar-refractivity contribution is 7.89. The zero-order valence-corrected chi connectivity index (χ0v) is 14.1. The summed E-state index contributed by atoms with van der Waals surface area (Å²) >= 11 is 0. The fraction of sp³-hybridized carbons (Fsp3) is 0.625. The van der Waals surface area contributed by atoms with E-state index in [-0.39, 0.29) is 6.04 Å². The second-order valence-electron chi connectivity index (χ2n) is 6.21. The van der Waals surface area contributed by atoms with E-state index >= 15 is 0 Å². The molecule has 5 heteroatoms. The van der Waals surface area contributed by atoms with Crippen molar-refractivity contribution in [2.75, 3.05) is 7.05 Å². The first-order valence-corrected chi connectivity index (χ1v) is 9.10. The van der Waals surface area contributed by atoms with Crippen LogP contribution in [-0.2, 0) is 16.6 Å². The maximum absolute atomic E-state index is 12.7. The molecule has 0 amide bonds. The third-order valence-corrected chi connectivity index (χ3v) is 6.46. The first-order valence-electron chi connectivity index (χ1n) is 7.62. The molecule has 0 aliphatic heterocycles. The van der Waals surface area contributed by atoms with Gasteiger partial charge in [0.2, 0.25) is 10.0 Å². The molecular formula is C16H26N2O2S. The first kappa shape index (κ1) is 16.5. The van der Waals surface area contributed by atoms with Gasteiger partial charge in [-0.1, -0.05) is 26.0 Å². The van der Waals surface area contributed by atoms with Gasteiger partial charge in [-0.3, -0.25) is 0 Å². The maximum Gasteiger partial charge on any atom is 0.241 e. The monoisotopic (exact) mass is 310 g/mol. The summed E-state index contributed by atoms with van der Waals surface area (Å²) < 4.78 is 28.3. The lowest BCUT2D eigenvalue weighted by molar-refractivity contribution is 0.402. The van der Waals surface area contributed by atoms with Crippen LogP contribution in [0.5, 0.6) is 0 Å². The van der Waals surface area contributed by atoms with Crippen LogP contribution < -0.4 is 10.0 Å². The molecule has 118 valence electrons. The fourth-order valence-electron chi connectivity index (χ4n) is 3.13. The van der Waals surface area contributed by atoms with Gasteiger partial charge in [-0.25, -0.2) is 13.1 Å². The summed E-state index contributed by atoms with van der Waals surface area (Å²) in [6.07, 6.45) is 2.02. The van der Waals surface area contributed by atoms with Gasteiger partial charge in [-0.15, -0.1) is 0 Å². The highest BCUT2D eigenvalue weighted by atomic mass is 32.2. The van der Waals surface area contributed by atoms with Gasteiger partial charge in [-0.05, 0) is 55.8 Å². The van der Waals surface area contributed by atoms with E-state index in [1.807, 2.05) is 26.1 Å². The lowest BCUT2D eigenvalue weighted by Crippen LogP contribution is -2.37.